The molecule has 0 radical (unpaired) electrons. The third-order valence-electron chi connectivity index (χ3n) is 4.16. The third-order valence-corrected chi connectivity index (χ3v) is 4.16. The van der Waals surface area contributed by atoms with Crippen LogP contribution in [0.5, 0.6) is 0 Å². The van der Waals surface area contributed by atoms with E-state index in [0.29, 0.717) is 11.6 Å². The van der Waals surface area contributed by atoms with Crippen LogP contribution in [-0.4, -0.2) is 19.1 Å². The van der Waals surface area contributed by atoms with Crippen molar-refractivity contribution in [1.29, 1.82) is 0 Å². The molecule has 0 aliphatic heterocycles. The second-order valence-corrected chi connectivity index (χ2v) is 5.98. The number of halogens is 1. The average molecular weight is 293 g/mol. The maximum Gasteiger partial charge on any atom is 0.328 e. The fraction of sp³-hybridized carbons (Fsp3) is 0.588. The number of esters is 1. The van der Waals surface area contributed by atoms with Crippen LogP contribution in [-0.2, 0) is 9.53 Å². The molecule has 0 amide bonds. The summed E-state index contributed by atoms with van der Waals surface area (Å²) in [5.41, 5.74) is 1.47. The number of aryl methyl sites for hydroxylation is 1. The van der Waals surface area contributed by atoms with Crippen LogP contribution in [0.15, 0.2) is 18.2 Å². The minimum atomic E-state index is -0.403. The lowest BCUT2D eigenvalue weighted by Gasteiger charge is -2.26. The molecule has 4 heteroatoms. The number of hydrogen-bond donors (Lipinski definition) is 1. The number of benzene rings is 1. The molecular formula is C17H24FNO2. The summed E-state index contributed by atoms with van der Waals surface area (Å²) in [4.78, 5) is 12.0. The summed E-state index contributed by atoms with van der Waals surface area (Å²) in [5.74, 6) is -0.0220. The first-order valence-corrected chi connectivity index (χ1v) is 7.70. The molecule has 0 aromatic heterocycles. The van der Waals surface area contributed by atoms with Crippen LogP contribution < -0.4 is 5.32 Å². The molecule has 0 heterocycles. The van der Waals surface area contributed by atoms with Gasteiger partial charge in [0.25, 0.3) is 0 Å². The Bertz CT molecular complexity index is 463. The molecule has 1 aliphatic rings. The van der Waals surface area contributed by atoms with Gasteiger partial charge in [-0.3, -0.25) is 0 Å². The normalized spacial score (nSPS) is 17.3. The van der Waals surface area contributed by atoms with Gasteiger partial charge in [0.15, 0.2) is 0 Å². The molecule has 0 saturated heterocycles. The largest absolute Gasteiger partial charge is 0.467 e. The van der Waals surface area contributed by atoms with Gasteiger partial charge in [-0.2, -0.15) is 0 Å². The van der Waals surface area contributed by atoms with Crippen LogP contribution in [0.3, 0.4) is 0 Å². The summed E-state index contributed by atoms with van der Waals surface area (Å²) in [7, 11) is 1.40. The number of carbonyl (C=O) groups is 1. The van der Waals surface area contributed by atoms with Gasteiger partial charge in [-0.25, -0.2) is 9.18 Å². The summed E-state index contributed by atoms with van der Waals surface area (Å²) in [6, 6.07) is 4.34. The third kappa shape index (κ3) is 4.73. The fourth-order valence-corrected chi connectivity index (χ4v) is 3.13. The summed E-state index contributed by atoms with van der Waals surface area (Å²) in [5, 5.41) is 3.14. The fourth-order valence-electron chi connectivity index (χ4n) is 3.13. The van der Waals surface area contributed by atoms with Gasteiger partial charge in [0, 0.05) is 5.69 Å². The van der Waals surface area contributed by atoms with Crippen molar-refractivity contribution in [3.8, 4) is 0 Å². The molecule has 3 nitrogen and oxygen atoms in total. The molecule has 0 bridgehead atoms. The van der Waals surface area contributed by atoms with Crippen LogP contribution in [0.2, 0.25) is 0 Å². The SMILES string of the molecule is COC(=O)C(CC1CCCCC1)Nc1cc(C)cc(F)c1. The number of methoxy groups -OCH3 is 1. The summed E-state index contributed by atoms with van der Waals surface area (Å²) >= 11 is 0. The molecule has 1 aromatic rings. The predicted octanol–water partition coefficient (Wildman–Crippen LogP) is 4.06. The lowest BCUT2D eigenvalue weighted by atomic mass is 9.84. The molecule has 116 valence electrons. The number of nitrogens with one attached hydrogen (secondary N) is 1. The van der Waals surface area contributed by atoms with Gasteiger partial charge in [-0.15, -0.1) is 0 Å². The van der Waals surface area contributed by atoms with Gasteiger partial charge >= 0.3 is 5.97 Å². The molecule has 1 N–H and O–H groups in total. The first-order valence-electron chi connectivity index (χ1n) is 7.70. The zero-order chi connectivity index (χ0) is 15.2. The van der Waals surface area contributed by atoms with E-state index in [0.717, 1.165) is 24.8 Å². The Morgan fingerprint density at radius 2 is 2.05 bits per heavy atom. The van der Waals surface area contributed by atoms with E-state index in [1.807, 2.05) is 13.0 Å². The standard InChI is InChI=1S/C17H24FNO2/c1-12-8-14(18)11-15(9-12)19-16(17(20)21-2)10-13-6-4-3-5-7-13/h8-9,11,13,16,19H,3-7,10H2,1-2H3. The number of carbonyl (C=O) groups excluding carboxylic acids is 1. The zero-order valence-corrected chi connectivity index (χ0v) is 12.8. The van der Waals surface area contributed by atoms with E-state index < -0.39 is 6.04 Å². The van der Waals surface area contributed by atoms with Crippen molar-refractivity contribution in [3.63, 3.8) is 0 Å². The maximum atomic E-state index is 13.5. The molecule has 1 atom stereocenters. The Hall–Kier alpha value is -1.58. The van der Waals surface area contributed by atoms with Crippen molar-refractivity contribution in [1.82, 2.24) is 0 Å². The lowest BCUT2D eigenvalue weighted by Crippen LogP contribution is -2.33. The number of hydrogen-bond acceptors (Lipinski definition) is 3. The Balaban J connectivity index is 2.06. The van der Waals surface area contributed by atoms with Crippen molar-refractivity contribution >= 4 is 11.7 Å². The highest BCUT2D eigenvalue weighted by molar-refractivity contribution is 5.79. The highest BCUT2D eigenvalue weighted by atomic mass is 19.1. The topological polar surface area (TPSA) is 38.3 Å². The first-order chi connectivity index (χ1) is 10.1. The van der Waals surface area contributed by atoms with Crippen molar-refractivity contribution < 1.29 is 13.9 Å². The van der Waals surface area contributed by atoms with Crippen LogP contribution in [0, 0.1) is 18.7 Å². The highest BCUT2D eigenvalue weighted by Gasteiger charge is 2.25. The van der Waals surface area contributed by atoms with Gasteiger partial charge in [-0.1, -0.05) is 32.1 Å². The molecule has 1 aliphatic carbocycles. The minimum Gasteiger partial charge on any atom is -0.467 e. The van der Waals surface area contributed by atoms with Gasteiger partial charge in [-0.05, 0) is 43.0 Å². The van der Waals surface area contributed by atoms with E-state index in [4.69, 9.17) is 4.74 Å². The lowest BCUT2D eigenvalue weighted by molar-refractivity contribution is -0.142. The quantitative estimate of drug-likeness (QED) is 0.832. The summed E-state index contributed by atoms with van der Waals surface area (Å²) in [6.07, 6.45) is 6.84. The zero-order valence-electron chi connectivity index (χ0n) is 12.8. The van der Waals surface area contributed by atoms with Crippen LogP contribution in [0.4, 0.5) is 10.1 Å². The van der Waals surface area contributed by atoms with E-state index >= 15 is 0 Å². The monoisotopic (exact) mass is 293 g/mol. The Kier molecular flexibility index (Phi) is 5.59. The van der Waals surface area contributed by atoms with Gasteiger partial charge in [0.1, 0.15) is 11.9 Å². The molecule has 21 heavy (non-hydrogen) atoms. The van der Waals surface area contributed by atoms with Crippen molar-refractivity contribution in [2.24, 2.45) is 5.92 Å². The number of ether oxygens (including phenoxy) is 1. The molecule has 2 rings (SSSR count). The van der Waals surface area contributed by atoms with Gasteiger partial charge < -0.3 is 10.1 Å². The smallest absolute Gasteiger partial charge is 0.328 e. The Labute approximate surface area is 125 Å². The van der Waals surface area contributed by atoms with E-state index in [2.05, 4.69) is 5.32 Å². The van der Waals surface area contributed by atoms with Crippen LogP contribution in [0.25, 0.3) is 0 Å². The van der Waals surface area contributed by atoms with Crippen molar-refractivity contribution in [2.45, 2.75) is 51.5 Å². The summed E-state index contributed by atoms with van der Waals surface area (Å²) in [6.45, 7) is 1.84. The van der Waals surface area contributed by atoms with Gasteiger partial charge in [0.2, 0.25) is 0 Å². The van der Waals surface area contributed by atoms with Gasteiger partial charge in [0.05, 0.1) is 7.11 Å². The van der Waals surface area contributed by atoms with E-state index in [9.17, 15) is 9.18 Å². The molecule has 0 spiro atoms. The molecular weight excluding hydrogens is 269 g/mol. The average Bonchev–Trinajstić information content (AvgIpc) is 2.46. The molecule has 1 unspecified atom stereocenters. The first kappa shape index (κ1) is 15.8. The van der Waals surface area contributed by atoms with E-state index in [-0.39, 0.29) is 11.8 Å². The van der Waals surface area contributed by atoms with Crippen molar-refractivity contribution in [3.05, 3.63) is 29.6 Å². The number of anilines is 1. The van der Waals surface area contributed by atoms with Crippen molar-refractivity contribution in [2.75, 3.05) is 12.4 Å². The predicted molar refractivity (Wildman–Crippen MR) is 81.8 cm³/mol. The highest BCUT2D eigenvalue weighted by Crippen LogP contribution is 2.28. The molecule has 1 aromatic carbocycles. The molecule has 1 fully saturated rings. The second kappa shape index (κ2) is 7.43. The number of rotatable bonds is 5. The van der Waals surface area contributed by atoms with Crippen LogP contribution >= 0.6 is 0 Å². The molecule has 1 saturated carbocycles. The Morgan fingerprint density at radius 3 is 2.67 bits per heavy atom. The minimum absolute atomic E-state index is 0.275. The Morgan fingerprint density at radius 1 is 1.33 bits per heavy atom. The second-order valence-electron chi connectivity index (χ2n) is 5.98. The van der Waals surface area contributed by atoms with Crippen LogP contribution in [0.1, 0.15) is 44.1 Å². The maximum absolute atomic E-state index is 13.5. The van der Waals surface area contributed by atoms with E-state index in [1.54, 1.807) is 0 Å². The summed E-state index contributed by atoms with van der Waals surface area (Å²) < 4.78 is 18.4. The van der Waals surface area contributed by atoms with E-state index in [1.165, 1.54) is 38.5 Å².